The van der Waals surface area contributed by atoms with Crippen molar-refractivity contribution >= 4 is 5.91 Å². The van der Waals surface area contributed by atoms with Crippen LogP contribution in [0.5, 0.6) is 0 Å². The Balaban J connectivity index is 2.22. The molecule has 19 heavy (non-hydrogen) atoms. The molecule has 1 amide bonds. The smallest absolute Gasteiger partial charge is 0.236 e. The average molecular weight is 269 g/mol. The largest absolute Gasteiger partial charge is 0.444 e. The van der Waals surface area contributed by atoms with Crippen molar-refractivity contribution < 1.29 is 13.9 Å². The molecule has 0 saturated carbocycles. The summed E-state index contributed by atoms with van der Waals surface area (Å²) in [6.07, 6.45) is 3.35. The molecule has 1 atom stereocenters. The number of nitrogens with one attached hydrogen (secondary N) is 2. The van der Waals surface area contributed by atoms with Gasteiger partial charge >= 0.3 is 0 Å². The van der Waals surface area contributed by atoms with Gasteiger partial charge in [0.15, 0.2) is 0 Å². The molecule has 0 aromatic carbocycles. The molecule has 108 valence electrons. The summed E-state index contributed by atoms with van der Waals surface area (Å²) in [4.78, 5) is 15.9. The van der Waals surface area contributed by atoms with Crippen LogP contribution in [0, 0.1) is 0 Å². The molecule has 1 aromatic rings. The first-order valence-electron chi connectivity index (χ1n) is 6.61. The number of carbonyl (C=O) groups is 1. The Morgan fingerprint density at radius 2 is 2.37 bits per heavy atom. The van der Waals surface area contributed by atoms with Crippen molar-refractivity contribution in [1.29, 1.82) is 0 Å². The van der Waals surface area contributed by atoms with Crippen molar-refractivity contribution in [2.75, 3.05) is 20.3 Å². The highest BCUT2D eigenvalue weighted by Crippen LogP contribution is 2.03. The number of hydrogen-bond acceptors (Lipinski definition) is 5. The quantitative estimate of drug-likeness (QED) is 0.650. The number of ether oxygens (including phenoxy) is 1. The Bertz CT molecular complexity index is 379. The minimum absolute atomic E-state index is 0.0293. The molecule has 1 heterocycles. The van der Waals surface area contributed by atoms with Gasteiger partial charge in [0.25, 0.3) is 0 Å². The van der Waals surface area contributed by atoms with Gasteiger partial charge in [-0.25, -0.2) is 4.98 Å². The van der Waals surface area contributed by atoms with Crippen LogP contribution in [0.4, 0.5) is 0 Å². The average Bonchev–Trinajstić information content (AvgIpc) is 2.88. The number of nitrogens with zero attached hydrogens (tertiary/aromatic N) is 1. The van der Waals surface area contributed by atoms with Crippen LogP contribution < -0.4 is 10.6 Å². The van der Waals surface area contributed by atoms with Gasteiger partial charge in [-0.05, 0) is 13.3 Å². The number of oxazole rings is 1. The van der Waals surface area contributed by atoms with E-state index in [1.807, 2.05) is 13.8 Å². The Morgan fingerprint density at radius 1 is 1.58 bits per heavy atom. The summed E-state index contributed by atoms with van der Waals surface area (Å²) in [5.41, 5.74) is 0. The molecule has 1 unspecified atom stereocenters. The number of aromatic nitrogens is 1. The lowest BCUT2D eigenvalue weighted by atomic mass is 10.3. The molecule has 0 aliphatic carbocycles. The van der Waals surface area contributed by atoms with Gasteiger partial charge in [-0.2, -0.15) is 0 Å². The SMILES string of the molecule is CCc1cnc(CNC(C)C(=O)NCCCOC)o1. The number of hydrogen-bond donors (Lipinski definition) is 2. The fourth-order valence-corrected chi connectivity index (χ4v) is 1.51. The molecule has 0 bridgehead atoms. The molecule has 1 rings (SSSR count). The molecular formula is C13H23N3O3. The zero-order valence-electron chi connectivity index (χ0n) is 11.9. The number of carbonyl (C=O) groups excluding carboxylic acids is 1. The van der Waals surface area contributed by atoms with Crippen LogP contribution >= 0.6 is 0 Å². The van der Waals surface area contributed by atoms with Gasteiger partial charge in [0.1, 0.15) is 5.76 Å². The lowest BCUT2D eigenvalue weighted by Gasteiger charge is -2.12. The van der Waals surface area contributed by atoms with Crippen molar-refractivity contribution in [3.8, 4) is 0 Å². The maximum absolute atomic E-state index is 11.7. The van der Waals surface area contributed by atoms with Gasteiger partial charge in [0.2, 0.25) is 11.8 Å². The fourth-order valence-electron chi connectivity index (χ4n) is 1.51. The Kier molecular flexibility index (Phi) is 7.14. The second kappa shape index (κ2) is 8.66. The first-order chi connectivity index (χ1) is 9.17. The van der Waals surface area contributed by atoms with E-state index in [4.69, 9.17) is 9.15 Å². The van der Waals surface area contributed by atoms with Crippen molar-refractivity contribution in [3.05, 3.63) is 17.8 Å². The maximum atomic E-state index is 11.7. The zero-order valence-corrected chi connectivity index (χ0v) is 11.9. The Labute approximate surface area is 113 Å². The van der Waals surface area contributed by atoms with Crippen LogP contribution in [0.3, 0.4) is 0 Å². The van der Waals surface area contributed by atoms with Crippen LogP contribution in [0.1, 0.15) is 31.9 Å². The monoisotopic (exact) mass is 269 g/mol. The predicted octanol–water partition coefficient (Wildman–Crippen LogP) is 0.868. The number of amides is 1. The van der Waals surface area contributed by atoms with Gasteiger partial charge in [-0.3, -0.25) is 10.1 Å². The summed E-state index contributed by atoms with van der Waals surface area (Å²) in [5, 5.41) is 5.91. The van der Waals surface area contributed by atoms with Crippen LogP contribution in [0.15, 0.2) is 10.6 Å². The molecule has 0 fully saturated rings. The lowest BCUT2D eigenvalue weighted by molar-refractivity contribution is -0.122. The first kappa shape index (κ1) is 15.7. The molecule has 0 aliphatic rings. The second-order valence-electron chi connectivity index (χ2n) is 4.31. The normalized spacial score (nSPS) is 12.4. The minimum atomic E-state index is -0.278. The molecule has 2 N–H and O–H groups in total. The first-order valence-corrected chi connectivity index (χ1v) is 6.61. The van der Waals surface area contributed by atoms with Crippen molar-refractivity contribution in [2.45, 2.75) is 39.3 Å². The third-order valence-corrected chi connectivity index (χ3v) is 2.73. The summed E-state index contributed by atoms with van der Waals surface area (Å²) in [5.74, 6) is 1.43. The third kappa shape index (κ3) is 5.85. The third-order valence-electron chi connectivity index (χ3n) is 2.73. The molecular weight excluding hydrogens is 246 g/mol. The van der Waals surface area contributed by atoms with Crippen LogP contribution in [-0.4, -0.2) is 37.2 Å². The van der Waals surface area contributed by atoms with E-state index in [-0.39, 0.29) is 11.9 Å². The summed E-state index contributed by atoms with van der Waals surface area (Å²) < 4.78 is 10.4. The van der Waals surface area contributed by atoms with E-state index in [2.05, 4.69) is 15.6 Å². The highest BCUT2D eigenvalue weighted by Gasteiger charge is 2.12. The van der Waals surface area contributed by atoms with Crippen LogP contribution in [0.2, 0.25) is 0 Å². The molecule has 0 spiro atoms. The molecule has 0 aliphatic heterocycles. The van der Waals surface area contributed by atoms with Crippen LogP contribution in [-0.2, 0) is 22.5 Å². The van der Waals surface area contributed by atoms with Crippen molar-refractivity contribution in [2.24, 2.45) is 0 Å². The summed E-state index contributed by atoms with van der Waals surface area (Å²) in [6.45, 7) is 5.55. The highest BCUT2D eigenvalue weighted by molar-refractivity contribution is 5.81. The molecule has 0 saturated heterocycles. The molecule has 0 radical (unpaired) electrons. The number of methoxy groups -OCH3 is 1. The van der Waals surface area contributed by atoms with Crippen molar-refractivity contribution in [1.82, 2.24) is 15.6 Å². The number of rotatable bonds is 9. The van der Waals surface area contributed by atoms with Crippen LogP contribution in [0.25, 0.3) is 0 Å². The topological polar surface area (TPSA) is 76.4 Å². The molecule has 6 nitrogen and oxygen atoms in total. The number of aryl methyl sites for hydroxylation is 1. The Hall–Kier alpha value is -1.40. The summed E-state index contributed by atoms with van der Waals surface area (Å²) in [7, 11) is 1.65. The van der Waals surface area contributed by atoms with Crippen molar-refractivity contribution in [3.63, 3.8) is 0 Å². The van der Waals surface area contributed by atoms with E-state index < -0.39 is 0 Å². The lowest BCUT2D eigenvalue weighted by Crippen LogP contribution is -2.42. The highest BCUT2D eigenvalue weighted by atomic mass is 16.5. The summed E-state index contributed by atoms with van der Waals surface area (Å²) >= 11 is 0. The van der Waals surface area contributed by atoms with E-state index in [9.17, 15) is 4.79 Å². The van der Waals surface area contributed by atoms with Gasteiger partial charge in [-0.1, -0.05) is 6.92 Å². The molecule has 1 aromatic heterocycles. The second-order valence-corrected chi connectivity index (χ2v) is 4.31. The van der Waals surface area contributed by atoms with E-state index in [0.717, 1.165) is 18.6 Å². The van der Waals surface area contributed by atoms with E-state index in [0.29, 0.717) is 25.6 Å². The van der Waals surface area contributed by atoms with Gasteiger partial charge in [0, 0.05) is 26.7 Å². The minimum Gasteiger partial charge on any atom is -0.444 e. The predicted molar refractivity (Wildman–Crippen MR) is 71.7 cm³/mol. The zero-order chi connectivity index (χ0) is 14.1. The molecule has 6 heteroatoms. The summed E-state index contributed by atoms with van der Waals surface area (Å²) in [6, 6.07) is -0.278. The van der Waals surface area contributed by atoms with E-state index in [1.165, 1.54) is 0 Å². The standard InChI is InChI=1S/C13H23N3O3/c1-4-11-8-16-12(19-11)9-15-10(2)13(17)14-6-5-7-18-3/h8,10,15H,4-7,9H2,1-3H3,(H,14,17). The van der Waals surface area contributed by atoms with E-state index in [1.54, 1.807) is 13.3 Å². The van der Waals surface area contributed by atoms with Gasteiger partial charge in [0.05, 0.1) is 18.8 Å². The fraction of sp³-hybridized carbons (Fsp3) is 0.692. The van der Waals surface area contributed by atoms with Gasteiger partial charge < -0.3 is 14.5 Å². The van der Waals surface area contributed by atoms with Gasteiger partial charge in [-0.15, -0.1) is 0 Å². The maximum Gasteiger partial charge on any atom is 0.236 e. The van der Waals surface area contributed by atoms with E-state index >= 15 is 0 Å². The Morgan fingerprint density at radius 3 is 3.00 bits per heavy atom.